The number of likely N-dealkylation sites (tertiary alicyclic amines) is 1. The van der Waals surface area contributed by atoms with Crippen LogP contribution in [0.3, 0.4) is 0 Å². The highest BCUT2D eigenvalue weighted by atomic mass is 35.5. The quantitative estimate of drug-likeness (QED) is 0.776. The van der Waals surface area contributed by atoms with E-state index in [0.29, 0.717) is 10.9 Å². The number of ether oxygens (including phenoxy) is 1. The lowest BCUT2D eigenvalue weighted by Crippen LogP contribution is -2.38. The van der Waals surface area contributed by atoms with E-state index in [1.54, 1.807) is 19.1 Å². The third kappa shape index (κ3) is 3.09. The number of carbonyl (C=O) groups is 1. The molecule has 0 radical (unpaired) electrons. The first-order valence-electron chi connectivity index (χ1n) is 5.74. The van der Waals surface area contributed by atoms with Crippen LogP contribution in [0.5, 0.6) is 5.75 Å². The monoisotopic (exact) mass is 254 g/mol. The number of aromatic nitrogens is 1. The summed E-state index contributed by atoms with van der Waals surface area (Å²) in [7, 11) is 0. The van der Waals surface area contributed by atoms with Gasteiger partial charge in [-0.1, -0.05) is 11.6 Å². The lowest BCUT2D eigenvalue weighted by atomic mass is 10.3. The fraction of sp³-hybridized carbons (Fsp3) is 0.500. The number of nitrogens with zero attached hydrogens (tertiary/aromatic N) is 2. The third-order valence-electron chi connectivity index (χ3n) is 2.78. The molecule has 1 unspecified atom stereocenters. The van der Waals surface area contributed by atoms with Crippen LogP contribution in [-0.2, 0) is 4.79 Å². The molecule has 0 aromatic carbocycles. The largest absolute Gasteiger partial charge is 0.479 e. The first-order chi connectivity index (χ1) is 8.16. The number of rotatable bonds is 3. The average Bonchev–Trinajstić information content (AvgIpc) is 2.84. The van der Waals surface area contributed by atoms with Crippen molar-refractivity contribution in [3.8, 4) is 5.75 Å². The van der Waals surface area contributed by atoms with E-state index in [4.69, 9.17) is 16.3 Å². The zero-order valence-electron chi connectivity index (χ0n) is 9.73. The Labute approximate surface area is 106 Å². The fourth-order valence-corrected chi connectivity index (χ4v) is 1.99. The summed E-state index contributed by atoms with van der Waals surface area (Å²) in [6.45, 7) is 3.44. The van der Waals surface area contributed by atoms with Crippen LogP contribution >= 0.6 is 11.6 Å². The van der Waals surface area contributed by atoms with Gasteiger partial charge in [-0.15, -0.1) is 0 Å². The number of amides is 1. The highest BCUT2D eigenvalue weighted by Crippen LogP contribution is 2.16. The van der Waals surface area contributed by atoms with Gasteiger partial charge in [0.2, 0.25) is 0 Å². The SMILES string of the molecule is CC(Oc1ccc(Cl)nc1)C(=O)N1CCCC1. The molecule has 1 saturated heterocycles. The van der Waals surface area contributed by atoms with Gasteiger partial charge in [-0.25, -0.2) is 4.98 Å². The Balaban J connectivity index is 1.93. The molecular weight excluding hydrogens is 240 g/mol. The lowest BCUT2D eigenvalue weighted by molar-refractivity contribution is -0.136. The summed E-state index contributed by atoms with van der Waals surface area (Å²) < 4.78 is 5.53. The molecule has 1 atom stereocenters. The topological polar surface area (TPSA) is 42.4 Å². The zero-order chi connectivity index (χ0) is 12.3. The van der Waals surface area contributed by atoms with Crippen molar-refractivity contribution in [1.29, 1.82) is 0 Å². The Hall–Kier alpha value is -1.29. The Morgan fingerprint density at radius 2 is 2.18 bits per heavy atom. The van der Waals surface area contributed by atoms with E-state index in [9.17, 15) is 4.79 Å². The van der Waals surface area contributed by atoms with Gasteiger partial charge in [0.15, 0.2) is 6.10 Å². The molecule has 92 valence electrons. The van der Waals surface area contributed by atoms with E-state index < -0.39 is 6.10 Å². The van der Waals surface area contributed by atoms with Gasteiger partial charge in [-0.2, -0.15) is 0 Å². The number of carbonyl (C=O) groups excluding carboxylic acids is 1. The molecule has 0 N–H and O–H groups in total. The minimum atomic E-state index is -0.476. The first kappa shape index (κ1) is 12.2. The molecule has 0 bridgehead atoms. The summed E-state index contributed by atoms with van der Waals surface area (Å²) in [5, 5.41) is 0.413. The molecule has 1 amide bonds. The molecule has 1 aliphatic heterocycles. The standard InChI is InChI=1S/C12H15ClN2O2/c1-9(12(16)15-6-2-3-7-15)17-10-4-5-11(13)14-8-10/h4-5,8-9H,2-3,6-7H2,1H3. The van der Waals surface area contributed by atoms with E-state index in [2.05, 4.69) is 4.98 Å². The molecular formula is C12H15ClN2O2. The lowest BCUT2D eigenvalue weighted by Gasteiger charge is -2.20. The normalized spacial score (nSPS) is 16.9. The maximum Gasteiger partial charge on any atom is 0.263 e. The van der Waals surface area contributed by atoms with Crippen LogP contribution in [0.1, 0.15) is 19.8 Å². The second kappa shape index (κ2) is 5.36. The predicted molar refractivity (Wildman–Crippen MR) is 65.2 cm³/mol. The zero-order valence-corrected chi connectivity index (χ0v) is 10.5. The van der Waals surface area contributed by atoms with Gasteiger partial charge in [-0.3, -0.25) is 4.79 Å². The summed E-state index contributed by atoms with van der Waals surface area (Å²) in [4.78, 5) is 17.7. The van der Waals surface area contributed by atoms with Crippen molar-refractivity contribution < 1.29 is 9.53 Å². The van der Waals surface area contributed by atoms with E-state index in [-0.39, 0.29) is 5.91 Å². The van der Waals surface area contributed by atoms with Crippen LogP contribution in [0.4, 0.5) is 0 Å². The molecule has 1 fully saturated rings. The number of pyridine rings is 1. The Morgan fingerprint density at radius 1 is 1.47 bits per heavy atom. The summed E-state index contributed by atoms with van der Waals surface area (Å²) in [6.07, 6.45) is 3.22. The van der Waals surface area contributed by atoms with Gasteiger partial charge in [0.1, 0.15) is 10.9 Å². The van der Waals surface area contributed by atoms with Gasteiger partial charge in [0.25, 0.3) is 5.91 Å². The summed E-state index contributed by atoms with van der Waals surface area (Å²) in [6, 6.07) is 3.35. The Morgan fingerprint density at radius 3 is 2.76 bits per heavy atom. The molecule has 2 heterocycles. The predicted octanol–water partition coefficient (Wildman–Crippen LogP) is 2.12. The van der Waals surface area contributed by atoms with Crippen molar-refractivity contribution in [2.24, 2.45) is 0 Å². The molecule has 0 saturated carbocycles. The smallest absolute Gasteiger partial charge is 0.263 e. The van der Waals surface area contributed by atoms with Crippen molar-refractivity contribution in [2.45, 2.75) is 25.9 Å². The molecule has 17 heavy (non-hydrogen) atoms. The number of halogens is 1. The van der Waals surface area contributed by atoms with Crippen LogP contribution in [0.2, 0.25) is 5.15 Å². The molecule has 4 nitrogen and oxygen atoms in total. The highest BCUT2D eigenvalue weighted by molar-refractivity contribution is 6.29. The van der Waals surface area contributed by atoms with E-state index in [1.165, 1.54) is 6.20 Å². The minimum absolute atomic E-state index is 0.0393. The van der Waals surface area contributed by atoms with E-state index >= 15 is 0 Å². The van der Waals surface area contributed by atoms with Gasteiger partial charge in [-0.05, 0) is 31.9 Å². The van der Waals surface area contributed by atoms with Crippen molar-refractivity contribution in [3.05, 3.63) is 23.5 Å². The number of hydrogen-bond acceptors (Lipinski definition) is 3. The van der Waals surface area contributed by atoms with Crippen LogP contribution in [0.25, 0.3) is 0 Å². The summed E-state index contributed by atoms with van der Waals surface area (Å²) >= 11 is 5.67. The van der Waals surface area contributed by atoms with Crippen LogP contribution in [0, 0.1) is 0 Å². The second-order valence-electron chi connectivity index (χ2n) is 4.11. The van der Waals surface area contributed by atoms with Crippen LogP contribution < -0.4 is 4.74 Å². The van der Waals surface area contributed by atoms with Crippen molar-refractivity contribution in [3.63, 3.8) is 0 Å². The molecule has 0 aliphatic carbocycles. The average molecular weight is 255 g/mol. The third-order valence-corrected chi connectivity index (χ3v) is 3.00. The molecule has 1 aliphatic rings. The van der Waals surface area contributed by atoms with Gasteiger partial charge in [0.05, 0.1) is 6.20 Å². The minimum Gasteiger partial charge on any atom is -0.479 e. The van der Waals surface area contributed by atoms with Gasteiger partial charge >= 0.3 is 0 Å². The fourth-order valence-electron chi connectivity index (χ4n) is 1.88. The van der Waals surface area contributed by atoms with Crippen molar-refractivity contribution in [1.82, 2.24) is 9.88 Å². The van der Waals surface area contributed by atoms with Crippen LogP contribution in [-0.4, -0.2) is 35.0 Å². The number of hydrogen-bond donors (Lipinski definition) is 0. The van der Waals surface area contributed by atoms with Crippen molar-refractivity contribution >= 4 is 17.5 Å². The molecule has 1 aromatic heterocycles. The molecule has 0 spiro atoms. The second-order valence-corrected chi connectivity index (χ2v) is 4.50. The summed E-state index contributed by atoms with van der Waals surface area (Å²) in [5.41, 5.74) is 0. The van der Waals surface area contributed by atoms with Gasteiger partial charge in [0, 0.05) is 13.1 Å². The van der Waals surface area contributed by atoms with E-state index in [0.717, 1.165) is 25.9 Å². The maximum absolute atomic E-state index is 12.0. The van der Waals surface area contributed by atoms with Crippen LogP contribution in [0.15, 0.2) is 18.3 Å². The molecule has 1 aromatic rings. The molecule has 2 rings (SSSR count). The van der Waals surface area contributed by atoms with Gasteiger partial charge < -0.3 is 9.64 Å². The van der Waals surface area contributed by atoms with E-state index in [1.807, 2.05) is 4.90 Å². The highest BCUT2D eigenvalue weighted by Gasteiger charge is 2.24. The first-order valence-corrected chi connectivity index (χ1v) is 6.11. The Kier molecular flexibility index (Phi) is 3.84. The Bertz CT molecular complexity index is 388. The molecule has 5 heteroatoms. The van der Waals surface area contributed by atoms with Crippen molar-refractivity contribution in [2.75, 3.05) is 13.1 Å². The maximum atomic E-state index is 12.0. The summed E-state index contributed by atoms with van der Waals surface area (Å²) in [5.74, 6) is 0.604.